The van der Waals surface area contributed by atoms with E-state index in [0.29, 0.717) is 4.90 Å². The van der Waals surface area contributed by atoms with E-state index in [4.69, 9.17) is 11.6 Å². The average molecular weight is 524 g/mol. The van der Waals surface area contributed by atoms with Gasteiger partial charge in [0.2, 0.25) is 5.91 Å². The molecule has 2 atom stereocenters. The Morgan fingerprint density at radius 2 is 1.79 bits per heavy atom. The van der Waals surface area contributed by atoms with Crippen LogP contribution in [0, 0.1) is 5.41 Å². The third-order valence-electron chi connectivity index (χ3n) is 5.56. The number of halogens is 7. The number of carbonyl (C=O) groups excluding carboxylic acids is 1. The summed E-state index contributed by atoms with van der Waals surface area (Å²) in [5.74, 6) is -3.55. The normalized spacial score (nSPS) is 22.8. The number of carboxylic acids is 1. The summed E-state index contributed by atoms with van der Waals surface area (Å²) >= 11 is 5.90. The third-order valence-corrected chi connectivity index (χ3v) is 8.17. The predicted octanol–water partition coefficient (Wildman–Crippen LogP) is 3.45. The molecule has 1 amide bonds. The first-order valence-corrected chi connectivity index (χ1v) is 11.3. The Morgan fingerprint density at radius 1 is 1.18 bits per heavy atom. The zero-order valence-corrected chi connectivity index (χ0v) is 18.0. The van der Waals surface area contributed by atoms with Crippen LogP contribution in [0.4, 0.5) is 26.3 Å². The van der Waals surface area contributed by atoms with Crippen molar-refractivity contribution >= 4 is 33.3 Å². The van der Waals surface area contributed by atoms with Crippen LogP contribution >= 0.6 is 11.6 Å². The van der Waals surface area contributed by atoms with Gasteiger partial charge in [-0.05, 0) is 31.4 Å². The number of ether oxygens (including phenoxy) is 1. The molecule has 0 radical (unpaired) electrons. The molecular weight excluding hydrogens is 508 g/mol. The van der Waals surface area contributed by atoms with E-state index in [2.05, 4.69) is 4.74 Å². The van der Waals surface area contributed by atoms with Gasteiger partial charge in [0, 0.05) is 12.6 Å². The Hall–Kier alpha value is -2.22. The molecule has 2 fully saturated rings. The molecule has 2 aliphatic rings. The van der Waals surface area contributed by atoms with Crippen LogP contribution in [0.2, 0.25) is 5.02 Å². The monoisotopic (exact) mass is 523 g/mol. The number of sulfone groups is 1. The van der Waals surface area contributed by atoms with Crippen molar-refractivity contribution in [2.45, 2.75) is 47.8 Å². The fourth-order valence-electron chi connectivity index (χ4n) is 3.65. The number of carbonyl (C=O) groups is 2. The lowest BCUT2D eigenvalue weighted by molar-refractivity contribution is -0.199. The fourth-order valence-corrected chi connectivity index (χ4v) is 5.88. The number of aliphatic carboxylic acids is 1. The minimum absolute atomic E-state index is 0.385. The zero-order chi connectivity index (χ0) is 25.0. The number of carboxylic acid groups (broad SMARTS) is 1. The summed E-state index contributed by atoms with van der Waals surface area (Å²) < 4.78 is 107. The second-order valence-electron chi connectivity index (χ2n) is 7.79. The van der Waals surface area contributed by atoms with Crippen molar-refractivity contribution in [3.8, 4) is 5.75 Å². The minimum atomic E-state index is -4.92. The molecular formula is C18H16ClF6NO6S. The van der Waals surface area contributed by atoms with Gasteiger partial charge in [-0.25, -0.2) is 13.2 Å². The lowest BCUT2D eigenvalue weighted by Crippen LogP contribution is -2.48. The largest absolute Gasteiger partial charge is 0.484 e. The van der Waals surface area contributed by atoms with Crippen LogP contribution < -0.4 is 4.74 Å². The van der Waals surface area contributed by atoms with Gasteiger partial charge >= 0.3 is 18.3 Å². The maximum Gasteiger partial charge on any atom is 0.422 e. The number of hydrogen-bond acceptors (Lipinski definition) is 5. The Bertz CT molecular complexity index is 1070. The molecule has 1 aromatic carbocycles. The molecule has 1 N–H and O–H groups in total. The predicted molar refractivity (Wildman–Crippen MR) is 99.5 cm³/mol. The summed E-state index contributed by atoms with van der Waals surface area (Å²) in [6, 6.07) is 0.766. The molecule has 0 bridgehead atoms. The second kappa shape index (κ2) is 8.22. The van der Waals surface area contributed by atoms with Gasteiger partial charge < -0.3 is 14.7 Å². The first kappa shape index (κ1) is 25.4. The topological polar surface area (TPSA) is 101 Å². The maximum absolute atomic E-state index is 13.3. The summed E-state index contributed by atoms with van der Waals surface area (Å²) in [4.78, 5) is 24.0. The number of hydrogen-bond donors (Lipinski definition) is 1. The molecule has 1 saturated carbocycles. The molecule has 33 heavy (non-hydrogen) atoms. The van der Waals surface area contributed by atoms with Gasteiger partial charge in [-0.1, -0.05) is 11.6 Å². The van der Waals surface area contributed by atoms with Crippen LogP contribution in [0.25, 0.3) is 0 Å². The molecule has 184 valence electrons. The molecule has 3 rings (SSSR count). The smallest absolute Gasteiger partial charge is 0.422 e. The lowest BCUT2D eigenvalue weighted by atomic mass is 10.0. The molecule has 15 heteroatoms. The van der Waals surface area contributed by atoms with E-state index in [1.54, 1.807) is 0 Å². The van der Waals surface area contributed by atoms with Crippen LogP contribution in [-0.4, -0.2) is 67.1 Å². The van der Waals surface area contributed by atoms with Gasteiger partial charge in [0.15, 0.2) is 16.4 Å². The minimum Gasteiger partial charge on any atom is -0.484 e. The fraction of sp³-hybridized carbons (Fsp3) is 0.556. The number of amides is 1. The van der Waals surface area contributed by atoms with Gasteiger partial charge in [-0.2, -0.15) is 26.3 Å². The molecule has 1 aliphatic heterocycles. The number of alkyl halides is 6. The van der Waals surface area contributed by atoms with Crippen LogP contribution in [-0.2, 0) is 19.4 Å². The molecule has 1 saturated heterocycles. The van der Waals surface area contributed by atoms with Crippen molar-refractivity contribution in [2.75, 3.05) is 13.2 Å². The van der Waals surface area contributed by atoms with Gasteiger partial charge in [0.25, 0.3) is 0 Å². The highest BCUT2D eigenvalue weighted by Gasteiger charge is 2.70. The van der Waals surface area contributed by atoms with Gasteiger partial charge in [-0.15, -0.1) is 0 Å². The number of likely N-dealkylation sites (tertiary alicyclic amines) is 1. The summed E-state index contributed by atoms with van der Waals surface area (Å²) in [5.41, 5.74) is -2.73. The summed E-state index contributed by atoms with van der Waals surface area (Å²) in [7, 11) is -4.47. The van der Waals surface area contributed by atoms with Crippen molar-refractivity contribution in [1.29, 1.82) is 0 Å². The molecule has 1 aliphatic carbocycles. The van der Waals surface area contributed by atoms with Crippen molar-refractivity contribution in [1.82, 2.24) is 4.90 Å². The quantitative estimate of drug-likeness (QED) is 0.573. The Kier molecular flexibility index (Phi) is 6.33. The second-order valence-corrected chi connectivity index (χ2v) is 10.4. The zero-order valence-electron chi connectivity index (χ0n) is 16.4. The molecule has 1 aromatic rings. The van der Waals surface area contributed by atoms with Crippen molar-refractivity contribution in [3.05, 3.63) is 23.2 Å². The highest BCUT2D eigenvalue weighted by atomic mass is 35.5. The van der Waals surface area contributed by atoms with E-state index >= 15 is 0 Å². The Balaban J connectivity index is 1.86. The summed E-state index contributed by atoms with van der Waals surface area (Å²) in [6.07, 6.45) is -11.3. The standard InChI is InChI=1S/C18H16ClF6NO6S/c19-11-5-9(32-8-17(20,21)22)1-2-13(11)33(30,31)10-6-12(14(27)28)26(7-10)15(29)16(3-4-16)18(23,24)25/h1-2,5,10,12H,3-4,6-8H2,(H,27,28)/t10-,12+/m1/s1. The summed E-state index contributed by atoms with van der Waals surface area (Å²) in [6.45, 7) is -2.46. The van der Waals surface area contributed by atoms with Crippen molar-refractivity contribution in [2.24, 2.45) is 5.41 Å². The lowest BCUT2D eigenvalue weighted by Gasteiger charge is -2.28. The molecule has 0 spiro atoms. The molecule has 0 unspecified atom stereocenters. The van der Waals surface area contributed by atoms with E-state index < -0.39 is 93.1 Å². The van der Waals surface area contributed by atoms with E-state index in [0.717, 1.165) is 18.2 Å². The van der Waals surface area contributed by atoms with E-state index in [-0.39, 0.29) is 5.75 Å². The molecule has 7 nitrogen and oxygen atoms in total. The van der Waals surface area contributed by atoms with Crippen molar-refractivity contribution in [3.63, 3.8) is 0 Å². The number of benzene rings is 1. The molecule has 1 heterocycles. The SMILES string of the molecule is O=C(O)[C@@H]1C[C@@H](S(=O)(=O)c2ccc(OCC(F)(F)F)cc2Cl)CN1C(=O)C1(C(F)(F)F)CC1. The van der Waals surface area contributed by atoms with Crippen LogP contribution in [0.1, 0.15) is 19.3 Å². The first-order valence-electron chi connectivity index (χ1n) is 9.33. The highest BCUT2D eigenvalue weighted by molar-refractivity contribution is 7.92. The third kappa shape index (κ3) is 4.86. The Labute approximate surface area is 188 Å². The van der Waals surface area contributed by atoms with Gasteiger partial charge in [0.1, 0.15) is 17.2 Å². The van der Waals surface area contributed by atoms with Crippen LogP contribution in [0.3, 0.4) is 0 Å². The Morgan fingerprint density at radius 3 is 2.24 bits per heavy atom. The van der Waals surface area contributed by atoms with E-state index in [1.807, 2.05) is 0 Å². The highest BCUT2D eigenvalue weighted by Crippen LogP contribution is 2.59. The van der Waals surface area contributed by atoms with Crippen LogP contribution in [0.15, 0.2) is 23.1 Å². The van der Waals surface area contributed by atoms with E-state index in [1.165, 1.54) is 0 Å². The van der Waals surface area contributed by atoms with Crippen LogP contribution in [0.5, 0.6) is 5.75 Å². The number of nitrogens with zero attached hydrogens (tertiary/aromatic N) is 1. The van der Waals surface area contributed by atoms with Gasteiger partial charge in [-0.3, -0.25) is 4.79 Å². The average Bonchev–Trinajstić information content (AvgIpc) is 3.37. The van der Waals surface area contributed by atoms with Crippen molar-refractivity contribution < 1.29 is 54.2 Å². The van der Waals surface area contributed by atoms with E-state index in [9.17, 15) is 49.5 Å². The molecule has 0 aromatic heterocycles. The maximum atomic E-state index is 13.3. The number of rotatable bonds is 6. The summed E-state index contributed by atoms with van der Waals surface area (Å²) in [5, 5.41) is 7.27. The van der Waals surface area contributed by atoms with Gasteiger partial charge in [0.05, 0.1) is 15.2 Å². The first-order chi connectivity index (χ1) is 15.0.